The number of nitrogens with zero attached hydrogens (tertiary/aromatic N) is 1. The van der Waals surface area contributed by atoms with Crippen molar-refractivity contribution in [1.82, 2.24) is 5.16 Å². The van der Waals surface area contributed by atoms with Gasteiger partial charge in [0.1, 0.15) is 22.2 Å². The summed E-state index contributed by atoms with van der Waals surface area (Å²) in [5.74, 6) is -1.55. The van der Waals surface area contributed by atoms with Crippen LogP contribution in [0.15, 0.2) is 45.8 Å². The molecular formula is C18H13ClF3NO4S. The van der Waals surface area contributed by atoms with Crippen LogP contribution < -0.4 is 4.74 Å². The molecule has 3 aromatic rings. The highest BCUT2D eigenvalue weighted by Crippen LogP contribution is 2.41. The van der Waals surface area contributed by atoms with Crippen LogP contribution >= 0.6 is 11.6 Å². The first-order valence-corrected chi connectivity index (χ1v) is 10.0. The summed E-state index contributed by atoms with van der Waals surface area (Å²) in [5.41, 5.74) is 0.194. The van der Waals surface area contributed by atoms with Crippen LogP contribution in [0.3, 0.4) is 0 Å². The number of hydrogen-bond donors (Lipinski definition) is 0. The van der Waals surface area contributed by atoms with Crippen molar-refractivity contribution in [3.63, 3.8) is 0 Å². The lowest BCUT2D eigenvalue weighted by Gasteiger charge is -2.09. The third kappa shape index (κ3) is 3.72. The number of aromatic nitrogens is 1. The Kier molecular flexibility index (Phi) is 5.40. The van der Waals surface area contributed by atoms with Crippen LogP contribution in [0, 0.1) is 5.82 Å². The van der Waals surface area contributed by atoms with Gasteiger partial charge in [-0.1, -0.05) is 28.9 Å². The fourth-order valence-electron chi connectivity index (χ4n) is 2.69. The molecule has 148 valence electrons. The van der Waals surface area contributed by atoms with Gasteiger partial charge in [-0.25, -0.2) is 21.6 Å². The van der Waals surface area contributed by atoms with Crippen molar-refractivity contribution in [2.24, 2.45) is 0 Å². The Labute approximate surface area is 163 Å². The molecule has 0 amide bonds. The molecule has 2 aromatic carbocycles. The van der Waals surface area contributed by atoms with Crippen LogP contribution in [0.5, 0.6) is 5.75 Å². The smallest absolute Gasteiger partial charge is 0.298 e. The highest BCUT2D eigenvalue weighted by atomic mass is 35.5. The topological polar surface area (TPSA) is 69.4 Å². The number of methoxy groups -OCH3 is 1. The number of alkyl halides is 2. The van der Waals surface area contributed by atoms with E-state index in [0.717, 1.165) is 18.4 Å². The maximum atomic E-state index is 14.3. The molecule has 0 atom stereocenters. The molecule has 0 unspecified atom stereocenters. The predicted octanol–water partition coefficient (Wildman–Crippen LogP) is 5.15. The van der Waals surface area contributed by atoms with Crippen molar-refractivity contribution in [2.45, 2.75) is 11.3 Å². The van der Waals surface area contributed by atoms with Gasteiger partial charge >= 0.3 is 0 Å². The lowest BCUT2D eigenvalue weighted by Crippen LogP contribution is -2.01. The minimum atomic E-state index is -3.81. The number of ether oxygens (including phenoxy) is 1. The Balaban J connectivity index is 2.24. The zero-order valence-electron chi connectivity index (χ0n) is 14.5. The molecule has 0 saturated heterocycles. The van der Waals surface area contributed by atoms with Gasteiger partial charge in [-0.3, -0.25) is 0 Å². The predicted molar refractivity (Wildman–Crippen MR) is 97.0 cm³/mol. The zero-order chi connectivity index (χ0) is 20.6. The van der Waals surface area contributed by atoms with Gasteiger partial charge < -0.3 is 9.26 Å². The van der Waals surface area contributed by atoms with Gasteiger partial charge in [0, 0.05) is 11.8 Å². The van der Waals surface area contributed by atoms with Crippen LogP contribution in [0.25, 0.3) is 22.4 Å². The first kappa shape index (κ1) is 20.2. The normalized spacial score (nSPS) is 11.8. The van der Waals surface area contributed by atoms with E-state index in [1.165, 1.54) is 31.4 Å². The molecular weight excluding hydrogens is 419 g/mol. The summed E-state index contributed by atoms with van der Waals surface area (Å²) < 4.78 is 74.3. The molecule has 0 aliphatic rings. The molecule has 0 aliphatic carbocycles. The van der Waals surface area contributed by atoms with Crippen LogP contribution in [0.4, 0.5) is 13.2 Å². The minimum Gasteiger partial charge on any atom is -0.495 e. The highest BCUT2D eigenvalue weighted by Gasteiger charge is 2.27. The Morgan fingerprint density at radius 1 is 1.14 bits per heavy atom. The fraction of sp³-hybridized carbons (Fsp3) is 0.167. The molecule has 0 bridgehead atoms. The van der Waals surface area contributed by atoms with Crippen molar-refractivity contribution in [1.29, 1.82) is 0 Å². The Hall–Kier alpha value is -2.52. The van der Waals surface area contributed by atoms with E-state index in [0.29, 0.717) is 10.6 Å². The summed E-state index contributed by atoms with van der Waals surface area (Å²) in [6.45, 7) is 0. The number of sulfone groups is 1. The molecule has 28 heavy (non-hydrogen) atoms. The second-order valence-corrected chi connectivity index (χ2v) is 8.23. The van der Waals surface area contributed by atoms with Crippen LogP contribution in [0.2, 0.25) is 5.02 Å². The Morgan fingerprint density at radius 2 is 1.82 bits per heavy atom. The van der Waals surface area contributed by atoms with E-state index in [2.05, 4.69) is 5.16 Å². The second-order valence-electron chi connectivity index (χ2n) is 5.84. The third-order valence-corrected chi connectivity index (χ3v) is 5.40. The molecule has 0 radical (unpaired) electrons. The molecule has 0 saturated carbocycles. The molecule has 0 N–H and O–H groups in total. The average molecular weight is 432 g/mol. The van der Waals surface area contributed by atoms with E-state index in [1.807, 2.05) is 0 Å². The fourth-order valence-corrected chi connectivity index (χ4v) is 3.61. The standard InChI is InChI=1S/C18H13ClF3NO4S/c1-26-13-8-10(3-5-11(13)19)16-15(17(18(21)22)27-23-16)9-4-6-14(12(20)7-9)28(2,24)25/h3-8,18H,1-2H3. The molecule has 5 nitrogen and oxygen atoms in total. The lowest BCUT2D eigenvalue weighted by molar-refractivity contribution is 0.113. The summed E-state index contributed by atoms with van der Waals surface area (Å²) >= 11 is 5.98. The molecule has 10 heteroatoms. The first-order chi connectivity index (χ1) is 13.1. The molecule has 0 fully saturated rings. The molecule has 0 aliphatic heterocycles. The molecule has 1 aromatic heterocycles. The minimum absolute atomic E-state index is 0.00892. The van der Waals surface area contributed by atoms with Crippen LogP contribution in [-0.4, -0.2) is 26.9 Å². The first-order valence-electron chi connectivity index (χ1n) is 7.75. The van der Waals surface area contributed by atoms with Crippen molar-refractivity contribution >= 4 is 21.4 Å². The van der Waals surface area contributed by atoms with Crippen LogP contribution in [-0.2, 0) is 9.84 Å². The second kappa shape index (κ2) is 7.48. The molecule has 3 rings (SSSR count). The summed E-state index contributed by atoms with van der Waals surface area (Å²) in [5, 5.41) is 4.00. The average Bonchev–Trinajstić information content (AvgIpc) is 3.06. The van der Waals surface area contributed by atoms with E-state index in [4.69, 9.17) is 20.9 Å². The van der Waals surface area contributed by atoms with Crippen molar-refractivity contribution in [3.05, 3.63) is 53.0 Å². The largest absolute Gasteiger partial charge is 0.495 e. The van der Waals surface area contributed by atoms with E-state index in [9.17, 15) is 21.6 Å². The SMILES string of the molecule is COc1cc(-c2noc(C(F)F)c2-c2ccc(S(C)(=O)=O)c(F)c2)ccc1Cl. The lowest BCUT2D eigenvalue weighted by atomic mass is 9.99. The van der Waals surface area contributed by atoms with Gasteiger partial charge in [0.05, 0.1) is 17.7 Å². The van der Waals surface area contributed by atoms with Gasteiger partial charge in [-0.15, -0.1) is 0 Å². The quantitative estimate of drug-likeness (QED) is 0.558. The monoisotopic (exact) mass is 431 g/mol. The Bertz CT molecular complexity index is 1150. The van der Waals surface area contributed by atoms with Gasteiger partial charge in [0.2, 0.25) is 5.76 Å². The van der Waals surface area contributed by atoms with E-state index in [1.54, 1.807) is 0 Å². The van der Waals surface area contributed by atoms with Crippen molar-refractivity contribution in [2.75, 3.05) is 13.4 Å². The number of hydrogen-bond acceptors (Lipinski definition) is 5. The Morgan fingerprint density at radius 3 is 2.39 bits per heavy atom. The molecule has 0 spiro atoms. The number of rotatable bonds is 5. The summed E-state index contributed by atoms with van der Waals surface area (Å²) in [6, 6.07) is 7.56. The van der Waals surface area contributed by atoms with Gasteiger partial charge in [0.15, 0.2) is 9.84 Å². The van der Waals surface area contributed by atoms with Crippen molar-refractivity contribution in [3.8, 4) is 28.1 Å². The van der Waals surface area contributed by atoms with E-state index in [-0.39, 0.29) is 22.6 Å². The van der Waals surface area contributed by atoms with Crippen LogP contribution in [0.1, 0.15) is 12.2 Å². The number of halogens is 4. The van der Waals surface area contributed by atoms with Crippen molar-refractivity contribution < 1.29 is 30.8 Å². The number of benzene rings is 2. The zero-order valence-corrected chi connectivity index (χ0v) is 16.1. The van der Waals surface area contributed by atoms with E-state index < -0.39 is 32.7 Å². The van der Waals surface area contributed by atoms with E-state index >= 15 is 0 Å². The third-order valence-electron chi connectivity index (χ3n) is 3.96. The summed E-state index contributed by atoms with van der Waals surface area (Å²) in [4.78, 5) is -0.541. The maximum Gasteiger partial charge on any atom is 0.298 e. The summed E-state index contributed by atoms with van der Waals surface area (Å²) in [6.07, 6.45) is -2.18. The van der Waals surface area contributed by atoms with Gasteiger partial charge in [-0.2, -0.15) is 0 Å². The van der Waals surface area contributed by atoms with Gasteiger partial charge in [0.25, 0.3) is 6.43 Å². The molecule has 1 heterocycles. The van der Waals surface area contributed by atoms with Gasteiger partial charge in [-0.05, 0) is 29.8 Å². The summed E-state index contributed by atoms with van der Waals surface area (Å²) in [7, 11) is -2.43. The highest BCUT2D eigenvalue weighted by molar-refractivity contribution is 7.90. The maximum absolute atomic E-state index is 14.3.